The number of nitrogens with one attached hydrogen (secondary N) is 1. The monoisotopic (exact) mass is 373 g/mol. The van der Waals surface area contributed by atoms with Crippen LogP contribution >= 0.6 is 0 Å². The number of aromatic amines is 1. The summed E-state index contributed by atoms with van der Waals surface area (Å²) in [5, 5.41) is 10.6. The maximum atomic E-state index is 12.1. The van der Waals surface area contributed by atoms with Crippen molar-refractivity contribution in [3.63, 3.8) is 0 Å². The van der Waals surface area contributed by atoms with Crippen LogP contribution in [0.4, 0.5) is 0 Å². The first-order chi connectivity index (χ1) is 13.2. The summed E-state index contributed by atoms with van der Waals surface area (Å²) in [5.41, 5.74) is 1.35. The predicted octanol–water partition coefficient (Wildman–Crippen LogP) is 1.66. The molecule has 8 heteroatoms. The Morgan fingerprint density at radius 2 is 1.96 bits per heavy atom. The first kappa shape index (κ1) is 19.3. The molecule has 0 aliphatic carbocycles. The fraction of sp³-hybridized carbons (Fsp3) is 0.526. The highest BCUT2D eigenvalue weighted by atomic mass is 16.5. The number of esters is 1. The summed E-state index contributed by atoms with van der Waals surface area (Å²) in [6, 6.07) is 7.55. The molecular weight excluding hydrogens is 346 g/mol. The zero-order valence-electron chi connectivity index (χ0n) is 16.0. The number of nitrogens with zero attached hydrogens (tertiary/aromatic N) is 4. The summed E-state index contributed by atoms with van der Waals surface area (Å²) in [4.78, 5) is 16.9. The van der Waals surface area contributed by atoms with Crippen LogP contribution in [0.5, 0.6) is 5.75 Å². The van der Waals surface area contributed by atoms with Gasteiger partial charge in [-0.1, -0.05) is 12.1 Å². The lowest BCUT2D eigenvalue weighted by molar-refractivity contribution is 0.0520. The molecule has 0 amide bonds. The third-order valence-corrected chi connectivity index (χ3v) is 4.63. The topological polar surface area (TPSA) is 83.6 Å². The largest absolute Gasteiger partial charge is 0.493 e. The third kappa shape index (κ3) is 5.05. The molecule has 1 aliphatic heterocycles. The molecule has 1 aromatic heterocycles. The number of aromatic nitrogens is 3. The van der Waals surface area contributed by atoms with Crippen LogP contribution in [-0.4, -0.2) is 84.2 Å². The van der Waals surface area contributed by atoms with Crippen molar-refractivity contribution in [1.82, 2.24) is 25.2 Å². The lowest BCUT2D eigenvalue weighted by atomic mass is 10.1. The Hall–Kier alpha value is -2.45. The molecule has 1 saturated heterocycles. The molecule has 1 N–H and O–H groups in total. The molecule has 0 bridgehead atoms. The Kier molecular flexibility index (Phi) is 6.78. The summed E-state index contributed by atoms with van der Waals surface area (Å²) in [5.74, 6) is 0.196. The summed E-state index contributed by atoms with van der Waals surface area (Å²) in [6.07, 6.45) is 0.946. The van der Waals surface area contributed by atoms with Crippen LogP contribution in [0.3, 0.4) is 0 Å². The Bertz CT molecular complexity index is 740. The van der Waals surface area contributed by atoms with Gasteiger partial charge in [0, 0.05) is 38.3 Å². The predicted molar refractivity (Wildman–Crippen MR) is 102 cm³/mol. The van der Waals surface area contributed by atoms with E-state index in [1.54, 1.807) is 6.92 Å². The first-order valence-electron chi connectivity index (χ1n) is 9.40. The Labute approximate surface area is 159 Å². The number of benzene rings is 1. The number of likely N-dealkylation sites (N-methyl/N-ethyl adjacent to an activating group) is 1. The van der Waals surface area contributed by atoms with Gasteiger partial charge in [0.25, 0.3) is 0 Å². The molecular formula is C19H27N5O3. The number of rotatable bonds is 8. The highest BCUT2D eigenvalue weighted by Gasteiger charge is 2.21. The molecule has 146 valence electrons. The van der Waals surface area contributed by atoms with Crippen molar-refractivity contribution in [2.24, 2.45) is 0 Å². The van der Waals surface area contributed by atoms with Gasteiger partial charge in [-0.15, -0.1) is 5.10 Å². The van der Waals surface area contributed by atoms with Gasteiger partial charge in [-0.05, 0) is 32.5 Å². The normalized spacial score (nSPS) is 15.6. The van der Waals surface area contributed by atoms with Gasteiger partial charge in [0.05, 0.1) is 13.2 Å². The van der Waals surface area contributed by atoms with Crippen molar-refractivity contribution in [2.45, 2.75) is 13.3 Å². The smallest absolute Gasteiger partial charge is 0.361 e. The second kappa shape index (κ2) is 9.48. The molecule has 0 atom stereocenters. The summed E-state index contributed by atoms with van der Waals surface area (Å²) >= 11 is 0. The number of hydrogen-bond acceptors (Lipinski definition) is 7. The SMILES string of the molecule is CCOC(=O)c1n[nH]nc1-c1ccccc1OCCCN1CCN(C)CC1. The van der Waals surface area contributed by atoms with Crippen LogP contribution in [0.1, 0.15) is 23.8 Å². The van der Waals surface area contributed by atoms with E-state index >= 15 is 0 Å². The van der Waals surface area contributed by atoms with Gasteiger partial charge in [-0.2, -0.15) is 10.3 Å². The summed E-state index contributed by atoms with van der Waals surface area (Å²) in [7, 11) is 2.16. The van der Waals surface area contributed by atoms with Gasteiger partial charge in [0.15, 0.2) is 5.69 Å². The number of para-hydroxylation sites is 1. The van der Waals surface area contributed by atoms with Gasteiger partial charge in [-0.3, -0.25) is 0 Å². The van der Waals surface area contributed by atoms with Gasteiger partial charge < -0.3 is 19.3 Å². The first-order valence-corrected chi connectivity index (χ1v) is 9.40. The molecule has 0 radical (unpaired) electrons. The fourth-order valence-corrected chi connectivity index (χ4v) is 3.09. The van der Waals surface area contributed by atoms with Crippen LogP contribution < -0.4 is 4.74 Å². The zero-order valence-corrected chi connectivity index (χ0v) is 16.0. The molecule has 1 aromatic carbocycles. The standard InChI is InChI=1S/C19H27N5O3/c1-3-26-19(25)18-17(20-22-21-18)15-7-4-5-8-16(15)27-14-6-9-24-12-10-23(2)11-13-24/h4-5,7-8H,3,6,9-14H2,1-2H3,(H,20,21,22). The van der Waals surface area contributed by atoms with Crippen LogP contribution in [0, 0.1) is 0 Å². The average Bonchev–Trinajstić information content (AvgIpc) is 3.17. The number of H-pyrrole nitrogens is 1. The minimum Gasteiger partial charge on any atom is -0.493 e. The molecule has 1 aliphatic rings. The quantitative estimate of drug-likeness (QED) is 0.556. The van der Waals surface area contributed by atoms with Crippen molar-refractivity contribution in [3.8, 4) is 17.0 Å². The number of hydrogen-bond donors (Lipinski definition) is 1. The number of carbonyl (C=O) groups excluding carboxylic acids is 1. The van der Waals surface area contributed by atoms with Crippen molar-refractivity contribution >= 4 is 5.97 Å². The highest BCUT2D eigenvalue weighted by molar-refractivity contribution is 5.94. The van der Waals surface area contributed by atoms with Crippen LogP contribution in [0.15, 0.2) is 24.3 Å². The molecule has 0 unspecified atom stereocenters. The molecule has 2 aromatic rings. The Morgan fingerprint density at radius 1 is 1.19 bits per heavy atom. The van der Waals surface area contributed by atoms with Crippen molar-refractivity contribution in [3.05, 3.63) is 30.0 Å². The molecule has 1 fully saturated rings. The number of carbonyl (C=O) groups is 1. The van der Waals surface area contributed by atoms with E-state index in [1.807, 2.05) is 24.3 Å². The maximum absolute atomic E-state index is 12.1. The van der Waals surface area contributed by atoms with Crippen LogP contribution in [0.25, 0.3) is 11.3 Å². The van der Waals surface area contributed by atoms with E-state index in [2.05, 4.69) is 32.3 Å². The van der Waals surface area contributed by atoms with E-state index in [0.29, 0.717) is 18.1 Å². The molecule has 27 heavy (non-hydrogen) atoms. The van der Waals surface area contributed by atoms with Gasteiger partial charge in [0.2, 0.25) is 0 Å². The second-order valence-corrected chi connectivity index (χ2v) is 6.58. The van der Waals surface area contributed by atoms with E-state index < -0.39 is 5.97 Å². The maximum Gasteiger partial charge on any atom is 0.361 e. The Morgan fingerprint density at radius 3 is 2.74 bits per heavy atom. The van der Waals surface area contributed by atoms with Crippen molar-refractivity contribution in [1.29, 1.82) is 0 Å². The third-order valence-electron chi connectivity index (χ3n) is 4.63. The average molecular weight is 373 g/mol. The molecule has 8 nitrogen and oxygen atoms in total. The Balaban J connectivity index is 1.60. The number of piperazine rings is 1. The summed E-state index contributed by atoms with van der Waals surface area (Å²) in [6.45, 7) is 8.12. The highest BCUT2D eigenvalue weighted by Crippen LogP contribution is 2.30. The van der Waals surface area contributed by atoms with Crippen molar-refractivity contribution in [2.75, 3.05) is 53.0 Å². The second-order valence-electron chi connectivity index (χ2n) is 6.58. The summed E-state index contributed by atoms with van der Waals surface area (Å²) < 4.78 is 11.0. The van der Waals surface area contributed by atoms with E-state index in [4.69, 9.17) is 9.47 Å². The lowest BCUT2D eigenvalue weighted by Crippen LogP contribution is -2.44. The zero-order chi connectivity index (χ0) is 19.1. The molecule has 2 heterocycles. The van der Waals surface area contributed by atoms with E-state index in [1.165, 1.54) is 0 Å². The lowest BCUT2D eigenvalue weighted by Gasteiger charge is -2.32. The van der Waals surface area contributed by atoms with E-state index in [9.17, 15) is 4.79 Å². The van der Waals surface area contributed by atoms with Crippen LogP contribution in [-0.2, 0) is 4.74 Å². The van der Waals surface area contributed by atoms with E-state index in [0.717, 1.165) is 44.7 Å². The minimum atomic E-state index is -0.494. The van der Waals surface area contributed by atoms with Gasteiger partial charge in [0.1, 0.15) is 11.4 Å². The van der Waals surface area contributed by atoms with Gasteiger partial charge >= 0.3 is 5.97 Å². The van der Waals surface area contributed by atoms with Gasteiger partial charge in [-0.25, -0.2) is 4.79 Å². The minimum absolute atomic E-state index is 0.172. The van der Waals surface area contributed by atoms with Crippen molar-refractivity contribution < 1.29 is 14.3 Å². The van der Waals surface area contributed by atoms with E-state index in [-0.39, 0.29) is 12.3 Å². The molecule has 3 rings (SSSR count). The molecule has 0 spiro atoms. The number of ether oxygens (including phenoxy) is 2. The molecule has 0 saturated carbocycles. The van der Waals surface area contributed by atoms with Crippen LogP contribution in [0.2, 0.25) is 0 Å². The fourth-order valence-electron chi connectivity index (χ4n) is 3.09.